The lowest BCUT2D eigenvalue weighted by Crippen LogP contribution is -2.51. The third kappa shape index (κ3) is 3.23. The van der Waals surface area contributed by atoms with Crippen molar-refractivity contribution >= 4 is 11.8 Å². The van der Waals surface area contributed by atoms with Gasteiger partial charge in [0, 0.05) is 37.9 Å². The molecule has 2 aliphatic rings. The zero-order valence-corrected chi connectivity index (χ0v) is 12.2. The van der Waals surface area contributed by atoms with Crippen LogP contribution in [0.4, 0.5) is 0 Å². The van der Waals surface area contributed by atoms with Crippen molar-refractivity contribution in [1.82, 2.24) is 15.2 Å². The Bertz CT molecular complexity index is 510. The molecule has 0 atom stereocenters. The fourth-order valence-electron chi connectivity index (χ4n) is 3.27. The summed E-state index contributed by atoms with van der Waals surface area (Å²) in [5, 5.41) is 2.97. The number of aromatic nitrogens is 1. The lowest BCUT2D eigenvalue weighted by atomic mass is 9.73. The molecule has 2 fully saturated rings. The van der Waals surface area contributed by atoms with Crippen LogP contribution in [-0.2, 0) is 16.0 Å². The Balaban J connectivity index is 1.53. The van der Waals surface area contributed by atoms with Crippen molar-refractivity contribution in [3.05, 3.63) is 30.1 Å². The number of amides is 2. The van der Waals surface area contributed by atoms with E-state index in [0.717, 1.165) is 44.6 Å². The molecule has 0 unspecified atom stereocenters. The highest BCUT2D eigenvalue weighted by Crippen LogP contribution is 2.37. The standard InChI is InChI=1S/C16H21N3O2/c20-14-4-5-16(12-18-14)6-9-19(10-7-16)15(21)11-13-3-1-2-8-17-13/h1-3,8H,4-7,9-12H2,(H,18,20). The summed E-state index contributed by atoms with van der Waals surface area (Å²) in [6, 6.07) is 5.65. The monoisotopic (exact) mass is 287 g/mol. The predicted molar refractivity (Wildman–Crippen MR) is 78.4 cm³/mol. The van der Waals surface area contributed by atoms with Crippen LogP contribution in [0, 0.1) is 5.41 Å². The van der Waals surface area contributed by atoms with E-state index in [1.165, 1.54) is 0 Å². The number of pyridine rings is 1. The van der Waals surface area contributed by atoms with Gasteiger partial charge in [0.05, 0.1) is 6.42 Å². The molecule has 0 aliphatic carbocycles. The second-order valence-corrected chi connectivity index (χ2v) is 6.16. The topological polar surface area (TPSA) is 62.3 Å². The van der Waals surface area contributed by atoms with Crippen molar-refractivity contribution in [1.29, 1.82) is 0 Å². The number of likely N-dealkylation sites (tertiary alicyclic amines) is 1. The number of hydrogen-bond donors (Lipinski definition) is 1. The van der Waals surface area contributed by atoms with Crippen LogP contribution in [-0.4, -0.2) is 41.3 Å². The molecule has 0 bridgehead atoms. The molecule has 0 radical (unpaired) electrons. The molecule has 5 nitrogen and oxygen atoms in total. The second-order valence-electron chi connectivity index (χ2n) is 6.16. The van der Waals surface area contributed by atoms with Crippen LogP contribution in [0.15, 0.2) is 24.4 Å². The van der Waals surface area contributed by atoms with Crippen LogP contribution in [0.3, 0.4) is 0 Å². The molecule has 3 rings (SSSR count). The lowest BCUT2D eigenvalue weighted by Gasteiger charge is -2.44. The molecule has 1 aromatic rings. The van der Waals surface area contributed by atoms with Gasteiger partial charge in [0.1, 0.15) is 0 Å². The van der Waals surface area contributed by atoms with Crippen molar-refractivity contribution in [2.24, 2.45) is 5.41 Å². The average Bonchev–Trinajstić information content (AvgIpc) is 2.52. The molecular formula is C16H21N3O2. The highest BCUT2D eigenvalue weighted by Gasteiger charge is 2.38. The van der Waals surface area contributed by atoms with Gasteiger partial charge in [-0.1, -0.05) is 6.07 Å². The van der Waals surface area contributed by atoms with Crippen LogP contribution in [0.1, 0.15) is 31.4 Å². The van der Waals surface area contributed by atoms with E-state index in [0.29, 0.717) is 12.8 Å². The van der Waals surface area contributed by atoms with Gasteiger partial charge < -0.3 is 10.2 Å². The first-order chi connectivity index (χ1) is 10.2. The summed E-state index contributed by atoms with van der Waals surface area (Å²) >= 11 is 0. The molecule has 0 aromatic carbocycles. The minimum Gasteiger partial charge on any atom is -0.356 e. The average molecular weight is 287 g/mol. The van der Waals surface area contributed by atoms with E-state index in [1.54, 1.807) is 6.20 Å². The number of hydrogen-bond acceptors (Lipinski definition) is 3. The van der Waals surface area contributed by atoms with Crippen molar-refractivity contribution in [3.8, 4) is 0 Å². The van der Waals surface area contributed by atoms with E-state index in [9.17, 15) is 9.59 Å². The quantitative estimate of drug-likeness (QED) is 0.887. The maximum atomic E-state index is 12.3. The van der Waals surface area contributed by atoms with Crippen LogP contribution in [0.2, 0.25) is 0 Å². The van der Waals surface area contributed by atoms with Gasteiger partial charge in [-0.3, -0.25) is 14.6 Å². The smallest absolute Gasteiger partial charge is 0.228 e. The highest BCUT2D eigenvalue weighted by atomic mass is 16.2. The molecular weight excluding hydrogens is 266 g/mol. The zero-order valence-electron chi connectivity index (χ0n) is 12.2. The number of carbonyl (C=O) groups is 2. The first-order valence-electron chi connectivity index (χ1n) is 7.61. The summed E-state index contributed by atoms with van der Waals surface area (Å²) < 4.78 is 0. The number of nitrogens with zero attached hydrogens (tertiary/aromatic N) is 2. The maximum absolute atomic E-state index is 12.3. The molecule has 1 aromatic heterocycles. The van der Waals surface area contributed by atoms with Crippen LogP contribution in [0.25, 0.3) is 0 Å². The largest absolute Gasteiger partial charge is 0.356 e. The molecule has 2 amide bonds. The first kappa shape index (κ1) is 14.0. The molecule has 1 spiro atoms. The summed E-state index contributed by atoms with van der Waals surface area (Å²) in [6.07, 6.45) is 5.66. The Labute approximate surface area is 124 Å². The molecule has 5 heteroatoms. The maximum Gasteiger partial charge on any atom is 0.228 e. The van der Waals surface area contributed by atoms with Crippen molar-refractivity contribution < 1.29 is 9.59 Å². The Morgan fingerprint density at radius 3 is 2.71 bits per heavy atom. The van der Waals surface area contributed by atoms with Crippen LogP contribution in [0.5, 0.6) is 0 Å². The SMILES string of the molecule is O=C1CCC2(CCN(C(=O)Cc3ccccn3)CC2)CN1. The third-order valence-electron chi connectivity index (χ3n) is 4.78. The molecule has 2 saturated heterocycles. The van der Waals surface area contributed by atoms with Gasteiger partial charge in [-0.25, -0.2) is 0 Å². The van der Waals surface area contributed by atoms with Crippen LogP contribution >= 0.6 is 0 Å². The lowest BCUT2D eigenvalue weighted by molar-refractivity contribution is -0.134. The minimum atomic E-state index is 0.156. The van der Waals surface area contributed by atoms with E-state index in [4.69, 9.17) is 0 Å². The van der Waals surface area contributed by atoms with Gasteiger partial charge in [-0.2, -0.15) is 0 Å². The van der Waals surface area contributed by atoms with Crippen molar-refractivity contribution in [3.63, 3.8) is 0 Å². The van der Waals surface area contributed by atoms with Crippen molar-refractivity contribution in [2.75, 3.05) is 19.6 Å². The van der Waals surface area contributed by atoms with Gasteiger partial charge in [0.15, 0.2) is 0 Å². The molecule has 2 aliphatic heterocycles. The Hall–Kier alpha value is -1.91. The third-order valence-corrected chi connectivity index (χ3v) is 4.78. The van der Waals surface area contributed by atoms with E-state index < -0.39 is 0 Å². The molecule has 1 N–H and O–H groups in total. The van der Waals surface area contributed by atoms with Crippen molar-refractivity contribution in [2.45, 2.75) is 32.1 Å². The number of nitrogens with one attached hydrogen (secondary N) is 1. The predicted octanol–water partition coefficient (Wildman–Crippen LogP) is 1.14. The fourth-order valence-corrected chi connectivity index (χ4v) is 3.27. The van der Waals surface area contributed by atoms with Gasteiger partial charge >= 0.3 is 0 Å². The normalized spacial score (nSPS) is 21.1. The number of piperidine rings is 2. The Morgan fingerprint density at radius 1 is 1.29 bits per heavy atom. The van der Waals surface area contributed by atoms with Gasteiger partial charge in [0.25, 0.3) is 0 Å². The van der Waals surface area contributed by atoms with Gasteiger partial charge in [-0.05, 0) is 36.8 Å². The zero-order chi connectivity index (χ0) is 14.7. The van der Waals surface area contributed by atoms with E-state index in [1.807, 2.05) is 23.1 Å². The Morgan fingerprint density at radius 2 is 2.10 bits per heavy atom. The highest BCUT2D eigenvalue weighted by molar-refractivity contribution is 5.78. The van der Waals surface area contributed by atoms with Crippen LogP contribution < -0.4 is 5.32 Å². The summed E-state index contributed by atoms with van der Waals surface area (Å²) in [5.74, 6) is 0.317. The fraction of sp³-hybridized carbons (Fsp3) is 0.562. The second kappa shape index (κ2) is 5.84. The minimum absolute atomic E-state index is 0.156. The van der Waals surface area contributed by atoms with E-state index in [-0.39, 0.29) is 17.2 Å². The number of rotatable bonds is 2. The summed E-state index contributed by atoms with van der Waals surface area (Å²) in [7, 11) is 0. The molecule has 0 saturated carbocycles. The molecule has 21 heavy (non-hydrogen) atoms. The molecule has 112 valence electrons. The van der Waals surface area contributed by atoms with E-state index >= 15 is 0 Å². The summed E-state index contributed by atoms with van der Waals surface area (Å²) in [4.78, 5) is 29.7. The number of carbonyl (C=O) groups excluding carboxylic acids is 2. The summed E-state index contributed by atoms with van der Waals surface area (Å²) in [5.41, 5.74) is 1.04. The summed E-state index contributed by atoms with van der Waals surface area (Å²) in [6.45, 7) is 2.36. The van der Waals surface area contributed by atoms with Gasteiger partial charge in [0.2, 0.25) is 11.8 Å². The van der Waals surface area contributed by atoms with Gasteiger partial charge in [-0.15, -0.1) is 0 Å². The van der Waals surface area contributed by atoms with E-state index in [2.05, 4.69) is 10.3 Å². The molecule has 3 heterocycles. The first-order valence-corrected chi connectivity index (χ1v) is 7.61. The Kier molecular flexibility index (Phi) is 3.90.